The maximum absolute atomic E-state index is 11.8. The summed E-state index contributed by atoms with van der Waals surface area (Å²) in [6.07, 6.45) is 11.6. The molecule has 1 aromatic carbocycles. The zero-order valence-electron chi connectivity index (χ0n) is 23.4. The molecule has 0 amide bonds. The van der Waals surface area contributed by atoms with Crippen LogP contribution in [0.4, 0.5) is 5.95 Å². The molecule has 1 saturated carbocycles. The fourth-order valence-electron chi connectivity index (χ4n) is 5.62. The van der Waals surface area contributed by atoms with Crippen LogP contribution in [0.25, 0.3) is 16.9 Å². The minimum Gasteiger partial charge on any atom is -0.351 e. The molecule has 0 bridgehead atoms. The fraction of sp³-hybridized carbons (Fsp3) is 0.483. The number of piperidine rings is 1. The maximum atomic E-state index is 11.8. The number of aryl methyl sites for hydroxylation is 1. The van der Waals surface area contributed by atoms with E-state index in [2.05, 4.69) is 63.0 Å². The molecule has 0 atom stereocenters. The van der Waals surface area contributed by atoms with Gasteiger partial charge in [0.2, 0.25) is 16.0 Å². The van der Waals surface area contributed by atoms with Gasteiger partial charge in [0.25, 0.3) is 0 Å². The highest BCUT2D eigenvalue weighted by Crippen LogP contribution is 2.26. The van der Waals surface area contributed by atoms with Gasteiger partial charge in [-0.1, -0.05) is 12.1 Å². The molecule has 1 aliphatic heterocycles. The van der Waals surface area contributed by atoms with E-state index in [1.165, 1.54) is 22.3 Å². The van der Waals surface area contributed by atoms with Crippen LogP contribution < -0.4 is 10.6 Å². The molecule has 11 nitrogen and oxygen atoms in total. The smallest absolute Gasteiger partial charge is 0.223 e. The molecule has 1 saturated heterocycles. The molecular formula is C29H35N9O2S. The van der Waals surface area contributed by atoms with E-state index in [1.807, 2.05) is 6.20 Å². The minimum absolute atomic E-state index is 0.0414. The Balaban J connectivity index is 1.25. The van der Waals surface area contributed by atoms with Gasteiger partial charge in [0, 0.05) is 49.4 Å². The fourth-order valence-corrected chi connectivity index (χ4v) is 6.49. The van der Waals surface area contributed by atoms with Crippen molar-refractivity contribution in [2.24, 2.45) is 5.92 Å². The van der Waals surface area contributed by atoms with Crippen molar-refractivity contribution in [2.75, 3.05) is 24.7 Å². The van der Waals surface area contributed by atoms with Gasteiger partial charge in [-0.2, -0.15) is 15.6 Å². The Labute approximate surface area is 241 Å². The predicted octanol–water partition coefficient (Wildman–Crippen LogP) is 3.52. The Kier molecular flexibility index (Phi) is 8.64. The number of rotatable bonds is 8. The summed E-state index contributed by atoms with van der Waals surface area (Å²) < 4.78 is 26.9. The molecule has 0 unspecified atom stereocenters. The molecule has 0 radical (unpaired) electrons. The predicted molar refractivity (Wildman–Crippen MR) is 155 cm³/mol. The van der Waals surface area contributed by atoms with E-state index < -0.39 is 10.0 Å². The summed E-state index contributed by atoms with van der Waals surface area (Å²) in [4.78, 5) is 8.96. The molecular weight excluding hydrogens is 538 g/mol. The highest BCUT2D eigenvalue weighted by molar-refractivity contribution is 7.88. The number of sulfonamides is 1. The van der Waals surface area contributed by atoms with Gasteiger partial charge in [-0.15, -0.1) is 0 Å². The van der Waals surface area contributed by atoms with Crippen LogP contribution in [-0.2, 0) is 16.6 Å². The largest absolute Gasteiger partial charge is 0.351 e. The summed E-state index contributed by atoms with van der Waals surface area (Å²) in [7, 11) is -3.19. The highest BCUT2D eigenvalue weighted by Gasteiger charge is 2.26. The molecule has 0 spiro atoms. The van der Waals surface area contributed by atoms with E-state index in [0.717, 1.165) is 43.5 Å². The van der Waals surface area contributed by atoms with Crippen LogP contribution in [0.1, 0.15) is 55.2 Å². The SMILES string of the molecule is Cc1cc(CNC2CCC(C#N)CC2)ccc1-n1cc(-c2nc(NC3CCN(S(C)(=O)=O)CC3)ncc2C#N)cn1. The van der Waals surface area contributed by atoms with E-state index in [0.29, 0.717) is 54.7 Å². The first-order valence-corrected chi connectivity index (χ1v) is 15.8. The van der Waals surface area contributed by atoms with Crippen molar-refractivity contribution in [3.63, 3.8) is 0 Å². The second kappa shape index (κ2) is 12.4. The van der Waals surface area contributed by atoms with Crippen molar-refractivity contribution in [2.45, 2.75) is 64.1 Å². The first kappa shape index (κ1) is 28.7. The van der Waals surface area contributed by atoms with Gasteiger partial charge in [0.15, 0.2) is 0 Å². The van der Waals surface area contributed by atoms with E-state index in [9.17, 15) is 13.7 Å². The molecule has 2 N–H and O–H groups in total. The molecule has 2 fully saturated rings. The molecule has 214 valence electrons. The topological polar surface area (TPSA) is 153 Å². The summed E-state index contributed by atoms with van der Waals surface area (Å²) in [6, 6.07) is 11.4. The van der Waals surface area contributed by atoms with Gasteiger partial charge >= 0.3 is 0 Å². The van der Waals surface area contributed by atoms with Crippen molar-refractivity contribution in [3.8, 4) is 29.1 Å². The van der Waals surface area contributed by atoms with Crippen molar-refractivity contribution in [3.05, 3.63) is 53.5 Å². The number of nitriles is 2. The third-order valence-electron chi connectivity index (χ3n) is 8.03. The number of nitrogens with zero attached hydrogens (tertiary/aromatic N) is 7. The van der Waals surface area contributed by atoms with Crippen LogP contribution in [0.3, 0.4) is 0 Å². The lowest BCUT2D eigenvalue weighted by Crippen LogP contribution is -2.42. The van der Waals surface area contributed by atoms with Gasteiger partial charge in [-0.05, 0) is 62.6 Å². The van der Waals surface area contributed by atoms with E-state index in [-0.39, 0.29) is 12.0 Å². The number of aromatic nitrogens is 4. The Morgan fingerprint density at radius 1 is 1.05 bits per heavy atom. The number of hydrogen-bond acceptors (Lipinski definition) is 9. The molecule has 2 aliphatic rings. The van der Waals surface area contributed by atoms with Gasteiger partial charge < -0.3 is 10.6 Å². The van der Waals surface area contributed by atoms with Crippen LogP contribution in [-0.4, -0.2) is 63.9 Å². The lowest BCUT2D eigenvalue weighted by molar-refractivity contribution is 0.331. The van der Waals surface area contributed by atoms with Crippen LogP contribution in [0.5, 0.6) is 0 Å². The number of nitrogens with one attached hydrogen (secondary N) is 2. The molecule has 2 aromatic heterocycles. The van der Waals surface area contributed by atoms with Crippen LogP contribution in [0.15, 0.2) is 36.8 Å². The highest BCUT2D eigenvalue weighted by atomic mass is 32.2. The Morgan fingerprint density at radius 2 is 1.80 bits per heavy atom. The zero-order valence-corrected chi connectivity index (χ0v) is 24.2. The summed E-state index contributed by atoms with van der Waals surface area (Å²) in [5, 5.41) is 30.3. The van der Waals surface area contributed by atoms with Crippen molar-refractivity contribution in [1.29, 1.82) is 10.5 Å². The van der Waals surface area contributed by atoms with Gasteiger partial charge in [0.05, 0.1) is 41.7 Å². The number of anilines is 1. The molecule has 3 heterocycles. The maximum Gasteiger partial charge on any atom is 0.223 e. The summed E-state index contributed by atoms with van der Waals surface area (Å²) in [5.74, 6) is 0.605. The molecule has 41 heavy (non-hydrogen) atoms. The molecule has 3 aromatic rings. The first-order chi connectivity index (χ1) is 19.7. The Hall–Kier alpha value is -3.84. The monoisotopic (exact) mass is 573 g/mol. The Bertz CT molecular complexity index is 1570. The van der Waals surface area contributed by atoms with Crippen LogP contribution in [0.2, 0.25) is 0 Å². The van der Waals surface area contributed by atoms with Crippen molar-refractivity contribution >= 4 is 16.0 Å². The lowest BCUT2D eigenvalue weighted by atomic mass is 9.87. The average Bonchev–Trinajstić information content (AvgIpc) is 3.46. The summed E-state index contributed by atoms with van der Waals surface area (Å²) in [5.41, 5.74) is 4.77. The van der Waals surface area contributed by atoms with E-state index in [4.69, 9.17) is 5.26 Å². The number of benzene rings is 1. The van der Waals surface area contributed by atoms with E-state index >= 15 is 0 Å². The lowest BCUT2D eigenvalue weighted by Gasteiger charge is -2.30. The average molecular weight is 574 g/mol. The molecule has 1 aliphatic carbocycles. The quantitative estimate of drug-likeness (QED) is 0.412. The van der Waals surface area contributed by atoms with Gasteiger partial charge in [-0.25, -0.2) is 27.4 Å². The van der Waals surface area contributed by atoms with Gasteiger partial charge in [0.1, 0.15) is 6.07 Å². The van der Waals surface area contributed by atoms with Gasteiger partial charge in [-0.3, -0.25) is 0 Å². The summed E-state index contributed by atoms with van der Waals surface area (Å²) >= 11 is 0. The third-order valence-corrected chi connectivity index (χ3v) is 9.34. The first-order valence-electron chi connectivity index (χ1n) is 14.0. The molecule has 5 rings (SSSR count). The minimum atomic E-state index is -3.19. The second-order valence-electron chi connectivity index (χ2n) is 11.0. The zero-order chi connectivity index (χ0) is 29.0. The standard InChI is InChI=1S/C29H35N9O2S/c1-20-13-22(16-32-25-6-3-21(14-30)4-7-25)5-8-27(20)38-19-24(18-34-38)28-23(15-31)17-33-29(36-28)35-26-9-11-37(12-10-26)41(2,39)40/h5,8,13,17-19,21,25-26,32H,3-4,6-7,9-12,16H2,1-2H3,(H,33,35,36). The van der Waals surface area contributed by atoms with Crippen LogP contribution in [0, 0.1) is 35.5 Å². The second-order valence-corrected chi connectivity index (χ2v) is 13.0. The Morgan fingerprint density at radius 3 is 2.46 bits per heavy atom. The van der Waals surface area contributed by atoms with Crippen LogP contribution >= 0.6 is 0 Å². The summed E-state index contributed by atoms with van der Waals surface area (Å²) in [6.45, 7) is 3.73. The van der Waals surface area contributed by atoms with E-state index in [1.54, 1.807) is 10.9 Å². The number of hydrogen-bond donors (Lipinski definition) is 2. The third kappa shape index (κ3) is 6.91. The van der Waals surface area contributed by atoms with Crippen molar-refractivity contribution < 1.29 is 8.42 Å². The molecule has 12 heteroatoms. The van der Waals surface area contributed by atoms with Crippen molar-refractivity contribution in [1.82, 2.24) is 29.4 Å². The normalized spacial score (nSPS) is 20.3.